The van der Waals surface area contributed by atoms with E-state index in [9.17, 15) is 14.9 Å². The van der Waals surface area contributed by atoms with Crippen LogP contribution in [-0.2, 0) is 6.54 Å². The van der Waals surface area contributed by atoms with Gasteiger partial charge in [0, 0.05) is 50.7 Å². The van der Waals surface area contributed by atoms with Crippen LogP contribution in [0.1, 0.15) is 36.2 Å². The van der Waals surface area contributed by atoms with Crippen molar-refractivity contribution in [3.05, 3.63) is 64.0 Å². The molecular weight excluding hydrogens is 356 g/mol. The Bertz CT molecular complexity index is 846. The summed E-state index contributed by atoms with van der Waals surface area (Å²) < 4.78 is 0. The number of nitro groups is 1. The third-order valence-corrected chi connectivity index (χ3v) is 5.12. The molecule has 0 saturated carbocycles. The van der Waals surface area contributed by atoms with Crippen LogP contribution in [-0.4, -0.2) is 40.9 Å². The van der Waals surface area contributed by atoms with Crippen LogP contribution in [0.15, 0.2) is 42.7 Å². The number of benzene rings is 1. The average molecular weight is 382 g/mol. The van der Waals surface area contributed by atoms with Gasteiger partial charge in [0.1, 0.15) is 5.69 Å². The van der Waals surface area contributed by atoms with E-state index in [-0.39, 0.29) is 11.6 Å². The molecule has 148 valence electrons. The Hall–Kier alpha value is -2.96. The van der Waals surface area contributed by atoms with Crippen LogP contribution in [0.4, 0.5) is 11.4 Å². The minimum absolute atomic E-state index is 0.0121. The fourth-order valence-corrected chi connectivity index (χ4v) is 3.99. The predicted octanol–water partition coefficient (Wildman–Crippen LogP) is 3.74. The molecule has 7 nitrogen and oxygen atoms in total. The third-order valence-electron chi connectivity index (χ3n) is 5.12. The van der Waals surface area contributed by atoms with Gasteiger partial charge in [0.15, 0.2) is 0 Å². The van der Waals surface area contributed by atoms with Crippen LogP contribution in [0.5, 0.6) is 0 Å². The summed E-state index contributed by atoms with van der Waals surface area (Å²) in [4.78, 5) is 31.8. The zero-order chi connectivity index (χ0) is 20.3. The molecule has 2 unspecified atom stereocenters. The highest BCUT2D eigenvalue weighted by atomic mass is 16.6. The second kappa shape index (κ2) is 8.37. The molecule has 28 heavy (non-hydrogen) atoms. The van der Waals surface area contributed by atoms with Gasteiger partial charge in [-0.1, -0.05) is 19.9 Å². The highest BCUT2D eigenvalue weighted by molar-refractivity contribution is 5.95. The molecule has 1 aromatic heterocycles. The van der Waals surface area contributed by atoms with Crippen molar-refractivity contribution in [1.82, 2.24) is 9.88 Å². The molecule has 2 heterocycles. The van der Waals surface area contributed by atoms with Crippen molar-refractivity contribution < 1.29 is 9.72 Å². The van der Waals surface area contributed by atoms with Gasteiger partial charge in [0.25, 0.3) is 11.6 Å². The van der Waals surface area contributed by atoms with Gasteiger partial charge < -0.3 is 9.80 Å². The fraction of sp³-hybridized carbons (Fsp3) is 0.429. The van der Waals surface area contributed by atoms with E-state index in [2.05, 4.69) is 23.7 Å². The molecule has 0 aliphatic carbocycles. The Morgan fingerprint density at radius 2 is 2.00 bits per heavy atom. The summed E-state index contributed by atoms with van der Waals surface area (Å²) in [6.45, 7) is 6.31. The molecule has 0 radical (unpaired) electrons. The first-order chi connectivity index (χ1) is 13.3. The normalized spacial score (nSPS) is 19.3. The molecule has 1 amide bonds. The number of nitrogens with zero attached hydrogens (tertiary/aromatic N) is 4. The number of carbonyl (C=O) groups excluding carboxylic acids is 1. The Labute approximate surface area is 165 Å². The molecule has 1 aromatic carbocycles. The van der Waals surface area contributed by atoms with Gasteiger partial charge in [-0.05, 0) is 42.0 Å². The zero-order valence-corrected chi connectivity index (χ0v) is 16.5. The Kier molecular flexibility index (Phi) is 5.92. The van der Waals surface area contributed by atoms with Crippen LogP contribution in [0.25, 0.3) is 0 Å². The summed E-state index contributed by atoms with van der Waals surface area (Å²) in [5, 5.41) is 11.7. The van der Waals surface area contributed by atoms with E-state index in [1.54, 1.807) is 36.5 Å². The van der Waals surface area contributed by atoms with Crippen molar-refractivity contribution in [2.24, 2.45) is 11.8 Å². The number of piperidine rings is 1. The van der Waals surface area contributed by atoms with Gasteiger partial charge in [-0.2, -0.15) is 0 Å². The van der Waals surface area contributed by atoms with Crippen molar-refractivity contribution in [2.45, 2.75) is 26.8 Å². The SMILES string of the molecule is CC1CC(C)CN(c2ccc(C(=O)N(C)Cc3cccnc3)cc2[N+](=O)[O-])C1. The number of hydrogen-bond acceptors (Lipinski definition) is 5. The van der Waals surface area contributed by atoms with Crippen molar-refractivity contribution in [3.8, 4) is 0 Å². The van der Waals surface area contributed by atoms with Gasteiger partial charge in [-0.15, -0.1) is 0 Å². The Morgan fingerprint density at radius 3 is 2.61 bits per heavy atom. The molecule has 0 spiro atoms. The molecule has 1 aliphatic heterocycles. The second-order valence-corrected chi connectivity index (χ2v) is 7.83. The fourth-order valence-electron chi connectivity index (χ4n) is 3.99. The number of hydrogen-bond donors (Lipinski definition) is 0. The van der Waals surface area contributed by atoms with E-state index in [4.69, 9.17) is 0 Å². The maximum atomic E-state index is 12.8. The van der Waals surface area contributed by atoms with E-state index >= 15 is 0 Å². The van der Waals surface area contributed by atoms with Crippen LogP contribution < -0.4 is 4.90 Å². The number of pyridine rings is 1. The molecule has 2 aromatic rings. The number of aromatic nitrogens is 1. The first-order valence-electron chi connectivity index (χ1n) is 9.53. The molecule has 0 N–H and O–H groups in total. The van der Waals surface area contributed by atoms with Crippen molar-refractivity contribution >= 4 is 17.3 Å². The van der Waals surface area contributed by atoms with E-state index < -0.39 is 4.92 Å². The highest BCUT2D eigenvalue weighted by Gasteiger charge is 2.28. The minimum Gasteiger partial charge on any atom is -0.365 e. The number of anilines is 1. The quantitative estimate of drug-likeness (QED) is 0.581. The van der Waals surface area contributed by atoms with E-state index in [0.717, 1.165) is 25.1 Å². The molecule has 7 heteroatoms. The van der Waals surface area contributed by atoms with Crippen LogP contribution in [0.3, 0.4) is 0 Å². The molecule has 1 aliphatic rings. The van der Waals surface area contributed by atoms with E-state index in [1.165, 1.54) is 6.07 Å². The van der Waals surface area contributed by atoms with Gasteiger partial charge >= 0.3 is 0 Å². The highest BCUT2D eigenvalue weighted by Crippen LogP contribution is 2.34. The summed E-state index contributed by atoms with van der Waals surface area (Å²) in [7, 11) is 1.68. The summed E-state index contributed by atoms with van der Waals surface area (Å²) in [6, 6.07) is 8.51. The first kappa shape index (κ1) is 19.8. The van der Waals surface area contributed by atoms with Gasteiger partial charge in [0.05, 0.1) is 4.92 Å². The third kappa shape index (κ3) is 4.47. The summed E-state index contributed by atoms with van der Waals surface area (Å²) >= 11 is 0. The number of amides is 1. The van der Waals surface area contributed by atoms with Crippen molar-refractivity contribution in [3.63, 3.8) is 0 Å². The lowest BCUT2D eigenvalue weighted by atomic mass is 9.91. The van der Waals surface area contributed by atoms with Gasteiger partial charge in [-0.3, -0.25) is 19.9 Å². The minimum atomic E-state index is -0.392. The Morgan fingerprint density at radius 1 is 1.29 bits per heavy atom. The molecule has 1 fully saturated rings. The smallest absolute Gasteiger partial charge is 0.293 e. The molecule has 0 bridgehead atoms. The van der Waals surface area contributed by atoms with E-state index in [0.29, 0.717) is 29.6 Å². The molecule has 1 saturated heterocycles. The lowest BCUT2D eigenvalue weighted by Gasteiger charge is -2.36. The number of carbonyl (C=O) groups is 1. The van der Waals surface area contributed by atoms with Crippen LogP contribution >= 0.6 is 0 Å². The van der Waals surface area contributed by atoms with Crippen LogP contribution in [0.2, 0.25) is 0 Å². The standard InChI is InChI=1S/C21H26N4O3/c1-15-9-16(2)13-24(12-15)19-7-6-18(10-20(19)25(27)28)21(26)23(3)14-17-5-4-8-22-11-17/h4-8,10-11,15-16H,9,12-14H2,1-3H3. The molecule has 2 atom stereocenters. The van der Waals surface area contributed by atoms with E-state index in [1.807, 2.05) is 12.1 Å². The molecular formula is C21H26N4O3. The Balaban J connectivity index is 1.84. The molecule has 3 rings (SSSR count). The van der Waals surface area contributed by atoms with Gasteiger partial charge in [-0.25, -0.2) is 0 Å². The second-order valence-electron chi connectivity index (χ2n) is 7.83. The maximum Gasteiger partial charge on any atom is 0.293 e. The summed E-state index contributed by atoms with van der Waals surface area (Å²) in [5.41, 5.74) is 1.80. The topological polar surface area (TPSA) is 79.6 Å². The monoisotopic (exact) mass is 382 g/mol. The largest absolute Gasteiger partial charge is 0.365 e. The lowest BCUT2D eigenvalue weighted by molar-refractivity contribution is -0.384. The van der Waals surface area contributed by atoms with Crippen LogP contribution in [0, 0.1) is 22.0 Å². The number of rotatable bonds is 5. The lowest BCUT2D eigenvalue weighted by Crippen LogP contribution is -2.39. The predicted molar refractivity (Wildman–Crippen MR) is 108 cm³/mol. The summed E-state index contributed by atoms with van der Waals surface area (Å²) in [5.74, 6) is 0.712. The van der Waals surface area contributed by atoms with Crippen molar-refractivity contribution in [2.75, 3.05) is 25.0 Å². The van der Waals surface area contributed by atoms with Gasteiger partial charge in [0.2, 0.25) is 0 Å². The average Bonchev–Trinajstić information content (AvgIpc) is 2.67. The number of nitro benzene ring substituents is 1. The summed E-state index contributed by atoms with van der Waals surface area (Å²) in [6.07, 6.45) is 4.50. The van der Waals surface area contributed by atoms with Crippen molar-refractivity contribution in [1.29, 1.82) is 0 Å². The maximum absolute atomic E-state index is 12.8. The zero-order valence-electron chi connectivity index (χ0n) is 16.5. The first-order valence-corrected chi connectivity index (χ1v) is 9.53.